The number of nitrogens with zero attached hydrogens (tertiary/aromatic N) is 1. The number of halogens is 1. The number of furan rings is 1. The van der Waals surface area contributed by atoms with Gasteiger partial charge in [0.25, 0.3) is 0 Å². The van der Waals surface area contributed by atoms with Gasteiger partial charge in [-0.05, 0) is 50.2 Å². The lowest BCUT2D eigenvalue weighted by Crippen LogP contribution is -2.07. The summed E-state index contributed by atoms with van der Waals surface area (Å²) in [6, 6.07) is 12.1. The highest BCUT2D eigenvalue weighted by Crippen LogP contribution is 2.28. The third-order valence-electron chi connectivity index (χ3n) is 3.30. The summed E-state index contributed by atoms with van der Waals surface area (Å²) in [5, 5.41) is 4.54. The number of nitrogens with one attached hydrogen (secondary N) is 1. The van der Waals surface area contributed by atoms with Crippen LogP contribution in [-0.2, 0) is 0 Å². The zero-order valence-corrected chi connectivity index (χ0v) is 12.9. The number of rotatable bonds is 3. The van der Waals surface area contributed by atoms with E-state index in [0.29, 0.717) is 0 Å². The van der Waals surface area contributed by atoms with Gasteiger partial charge in [0, 0.05) is 16.1 Å². The van der Waals surface area contributed by atoms with Gasteiger partial charge in [-0.25, -0.2) is 0 Å². The number of anilines is 1. The van der Waals surface area contributed by atoms with E-state index in [9.17, 15) is 0 Å². The van der Waals surface area contributed by atoms with Crippen LogP contribution in [0.15, 0.2) is 51.5 Å². The van der Waals surface area contributed by atoms with Gasteiger partial charge in [0.05, 0.1) is 17.4 Å². The van der Waals surface area contributed by atoms with E-state index in [0.717, 1.165) is 32.6 Å². The van der Waals surface area contributed by atoms with Crippen molar-refractivity contribution in [2.24, 2.45) is 0 Å². The Hall–Kier alpha value is -1.81. The second-order valence-corrected chi connectivity index (χ2v) is 5.75. The Kier molecular flexibility index (Phi) is 3.49. The van der Waals surface area contributed by atoms with Crippen molar-refractivity contribution in [3.8, 4) is 0 Å². The first kappa shape index (κ1) is 13.2. The molecule has 1 atom stereocenters. The summed E-state index contributed by atoms with van der Waals surface area (Å²) in [4.78, 5) is 4.28. The number of hydrogen-bond acceptors (Lipinski definition) is 3. The molecule has 20 heavy (non-hydrogen) atoms. The van der Waals surface area contributed by atoms with E-state index in [4.69, 9.17) is 4.42 Å². The molecule has 4 heteroatoms. The summed E-state index contributed by atoms with van der Waals surface area (Å²) in [7, 11) is 0. The molecule has 0 amide bonds. The van der Waals surface area contributed by atoms with Crippen LogP contribution < -0.4 is 5.32 Å². The molecular weight excluding hydrogens is 316 g/mol. The molecule has 2 heterocycles. The van der Waals surface area contributed by atoms with Crippen molar-refractivity contribution in [1.82, 2.24) is 4.98 Å². The largest absolute Gasteiger partial charge is 0.459 e. The molecule has 0 fully saturated rings. The van der Waals surface area contributed by atoms with Crippen LogP contribution in [0.4, 0.5) is 5.69 Å². The molecule has 0 radical (unpaired) electrons. The fraction of sp³-hybridized carbons (Fsp3) is 0.188. The summed E-state index contributed by atoms with van der Waals surface area (Å²) >= 11 is 3.48. The average molecular weight is 331 g/mol. The standard InChI is InChI=1S/C16H15BrN2O/c1-10-14(4-3-7-18-10)19-11(2)16-9-12-8-13(17)5-6-15(12)20-16/h3-9,11,19H,1-2H3. The van der Waals surface area contributed by atoms with Crippen LogP contribution in [-0.4, -0.2) is 4.98 Å². The second kappa shape index (κ2) is 5.29. The smallest absolute Gasteiger partial charge is 0.134 e. The number of aromatic nitrogens is 1. The van der Waals surface area contributed by atoms with Gasteiger partial charge in [-0.2, -0.15) is 0 Å². The van der Waals surface area contributed by atoms with Gasteiger partial charge in [-0.1, -0.05) is 15.9 Å². The fourth-order valence-electron chi connectivity index (χ4n) is 2.19. The van der Waals surface area contributed by atoms with Crippen molar-refractivity contribution in [3.63, 3.8) is 0 Å². The molecule has 3 nitrogen and oxygen atoms in total. The molecule has 1 aromatic carbocycles. The molecule has 0 aliphatic heterocycles. The van der Waals surface area contributed by atoms with Gasteiger partial charge in [0.15, 0.2) is 0 Å². The maximum Gasteiger partial charge on any atom is 0.134 e. The highest BCUT2D eigenvalue weighted by atomic mass is 79.9. The van der Waals surface area contributed by atoms with E-state index >= 15 is 0 Å². The van der Waals surface area contributed by atoms with Gasteiger partial charge < -0.3 is 9.73 Å². The summed E-state index contributed by atoms with van der Waals surface area (Å²) in [5.74, 6) is 0.918. The van der Waals surface area contributed by atoms with Crippen molar-refractivity contribution >= 4 is 32.6 Å². The minimum atomic E-state index is 0.0871. The molecule has 102 valence electrons. The number of fused-ring (bicyclic) bond motifs is 1. The SMILES string of the molecule is Cc1ncccc1NC(C)c1cc2cc(Br)ccc2o1. The second-order valence-electron chi connectivity index (χ2n) is 4.83. The van der Waals surface area contributed by atoms with Gasteiger partial charge in [0.1, 0.15) is 11.3 Å². The van der Waals surface area contributed by atoms with Crippen LogP contribution in [0.3, 0.4) is 0 Å². The zero-order valence-electron chi connectivity index (χ0n) is 11.4. The van der Waals surface area contributed by atoms with Crippen LogP contribution in [0.1, 0.15) is 24.4 Å². The van der Waals surface area contributed by atoms with Crippen molar-refractivity contribution in [3.05, 3.63) is 58.5 Å². The van der Waals surface area contributed by atoms with Crippen molar-refractivity contribution < 1.29 is 4.42 Å². The van der Waals surface area contributed by atoms with Crippen LogP contribution in [0.25, 0.3) is 11.0 Å². The third-order valence-corrected chi connectivity index (χ3v) is 3.80. The van der Waals surface area contributed by atoms with Crippen LogP contribution in [0.5, 0.6) is 0 Å². The normalized spacial score (nSPS) is 12.6. The van der Waals surface area contributed by atoms with E-state index in [1.165, 1.54) is 0 Å². The topological polar surface area (TPSA) is 38.1 Å². The lowest BCUT2D eigenvalue weighted by molar-refractivity contribution is 0.526. The summed E-state index contributed by atoms with van der Waals surface area (Å²) in [6.45, 7) is 4.07. The first-order valence-electron chi connectivity index (χ1n) is 6.50. The van der Waals surface area contributed by atoms with E-state index in [1.807, 2.05) is 31.2 Å². The minimum absolute atomic E-state index is 0.0871. The molecule has 3 rings (SSSR count). The molecule has 3 aromatic rings. The quantitative estimate of drug-likeness (QED) is 0.728. The monoisotopic (exact) mass is 330 g/mol. The molecule has 0 spiro atoms. The molecule has 2 aromatic heterocycles. The predicted octanol–water partition coefficient (Wildman–Crippen LogP) is 5.07. The Balaban J connectivity index is 1.89. The Bertz CT molecular complexity index is 751. The van der Waals surface area contributed by atoms with Crippen LogP contribution in [0, 0.1) is 6.92 Å². The number of aryl methyl sites for hydroxylation is 1. The molecule has 0 bridgehead atoms. The zero-order chi connectivity index (χ0) is 14.1. The van der Waals surface area contributed by atoms with E-state index in [1.54, 1.807) is 6.20 Å². The molecule has 1 unspecified atom stereocenters. The van der Waals surface area contributed by atoms with Gasteiger partial charge in [-0.15, -0.1) is 0 Å². The fourth-order valence-corrected chi connectivity index (χ4v) is 2.57. The van der Waals surface area contributed by atoms with Crippen molar-refractivity contribution in [1.29, 1.82) is 0 Å². The predicted molar refractivity (Wildman–Crippen MR) is 84.9 cm³/mol. The summed E-state index contributed by atoms with van der Waals surface area (Å²) < 4.78 is 6.95. The Morgan fingerprint density at radius 1 is 1.25 bits per heavy atom. The van der Waals surface area contributed by atoms with Crippen molar-refractivity contribution in [2.75, 3.05) is 5.32 Å². The first-order valence-corrected chi connectivity index (χ1v) is 7.30. The maximum absolute atomic E-state index is 5.89. The lowest BCUT2D eigenvalue weighted by Gasteiger charge is -2.14. The summed E-state index contributed by atoms with van der Waals surface area (Å²) in [5.41, 5.74) is 2.92. The molecular formula is C16H15BrN2O. The van der Waals surface area contributed by atoms with E-state index in [-0.39, 0.29) is 6.04 Å². The maximum atomic E-state index is 5.89. The Morgan fingerprint density at radius 2 is 2.10 bits per heavy atom. The Labute approximate surface area is 126 Å². The Morgan fingerprint density at radius 3 is 2.90 bits per heavy atom. The highest BCUT2D eigenvalue weighted by Gasteiger charge is 2.12. The minimum Gasteiger partial charge on any atom is -0.459 e. The summed E-state index contributed by atoms with van der Waals surface area (Å²) in [6.07, 6.45) is 1.80. The molecule has 0 saturated carbocycles. The van der Waals surface area contributed by atoms with E-state index < -0.39 is 0 Å². The van der Waals surface area contributed by atoms with Crippen LogP contribution in [0.2, 0.25) is 0 Å². The van der Waals surface area contributed by atoms with Crippen LogP contribution >= 0.6 is 15.9 Å². The molecule has 1 N–H and O–H groups in total. The van der Waals surface area contributed by atoms with Crippen molar-refractivity contribution in [2.45, 2.75) is 19.9 Å². The number of benzene rings is 1. The molecule has 0 aliphatic rings. The molecule has 0 saturated heterocycles. The van der Waals surface area contributed by atoms with E-state index in [2.05, 4.69) is 45.3 Å². The first-order chi connectivity index (χ1) is 9.63. The lowest BCUT2D eigenvalue weighted by atomic mass is 10.2. The van der Waals surface area contributed by atoms with Gasteiger partial charge in [0.2, 0.25) is 0 Å². The van der Waals surface area contributed by atoms with Gasteiger partial charge in [-0.3, -0.25) is 4.98 Å². The average Bonchev–Trinajstić information content (AvgIpc) is 2.84. The molecule has 0 aliphatic carbocycles. The highest BCUT2D eigenvalue weighted by molar-refractivity contribution is 9.10. The number of hydrogen-bond donors (Lipinski definition) is 1. The van der Waals surface area contributed by atoms with Gasteiger partial charge >= 0.3 is 0 Å². The number of pyridine rings is 1. The third kappa shape index (κ3) is 2.56.